The number of nitrogens with zero attached hydrogens (tertiary/aromatic N) is 2. The van der Waals surface area contributed by atoms with E-state index in [9.17, 15) is 14.7 Å². The van der Waals surface area contributed by atoms with Gasteiger partial charge in [-0.25, -0.2) is 4.79 Å². The first-order valence-electron chi connectivity index (χ1n) is 15.2. The van der Waals surface area contributed by atoms with Crippen molar-refractivity contribution >= 4 is 11.9 Å². The predicted molar refractivity (Wildman–Crippen MR) is 147 cm³/mol. The normalized spacial score (nSPS) is 41.8. The number of aliphatic hydroxyl groups is 1. The molecule has 1 saturated heterocycles. The van der Waals surface area contributed by atoms with Crippen LogP contribution in [0.3, 0.4) is 0 Å². The monoisotopic (exact) mass is 513 g/mol. The fourth-order valence-corrected chi connectivity index (χ4v) is 9.74. The lowest BCUT2D eigenvalue weighted by atomic mass is 9.47. The smallest absolute Gasteiger partial charge is 0.317 e. The molecule has 208 valence electrons. The molecule has 1 heterocycles. The Kier molecular flexibility index (Phi) is 7.45. The molecule has 6 heteroatoms. The van der Waals surface area contributed by atoms with Gasteiger partial charge in [0.2, 0.25) is 5.91 Å². The van der Waals surface area contributed by atoms with Gasteiger partial charge in [-0.15, -0.1) is 0 Å². The van der Waals surface area contributed by atoms with Gasteiger partial charge in [-0.1, -0.05) is 32.4 Å². The van der Waals surface area contributed by atoms with Crippen LogP contribution in [0.25, 0.3) is 0 Å². The van der Waals surface area contributed by atoms with E-state index in [4.69, 9.17) is 0 Å². The summed E-state index contributed by atoms with van der Waals surface area (Å²) in [7, 11) is 3.50. The fourth-order valence-electron chi connectivity index (χ4n) is 9.74. The summed E-state index contributed by atoms with van der Waals surface area (Å²) in [5, 5.41) is 13.3. The van der Waals surface area contributed by atoms with Crippen LogP contribution in [0.15, 0.2) is 11.6 Å². The van der Waals surface area contributed by atoms with Crippen molar-refractivity contribution in [3.8, 4) is 0 Å². The van der Waals surface area contributed by atoms with E-state index < -0.39 is 0 Å². The Hall–Kier alpha value is -1.56. The number of rotatable bonds is 5. The molecular formula is C31H51N3O3. The molecule has 2 unspecified atom stereocenters. The number of aliphatic hydroxyl groups excluding tert-OH is 1. The first-order chi connectivity index (χ1) is 17.5. The Labute approximate surface area is 224 Å². The van der Waals surface area contributed by atoms with Gasteiger partial charge in [-0.05, 0) is 105 Å². The predicted octanol–water partition coefficient (Wildman–Crippen LogP) is 5.21. The van der Waals surface area contributed by atoms with Crippen LogP contribution < -0.4 is 5.32 Å². The summed E-state index contributed by atoms with van der Waals surface area (Å²) in [5.41, 5.74) is 2.26. The quantitative estimate of drug-likeness (QED) is 0.496. The van der Waals surface area contributed by atoms with E-state index in [1.807, 2.05) is 4.90 Å². The molecule has 9 atom stereocenters. The minimum atomic E-state index is -0.132. The third-order valence-electron chi connectivity index (χ3n) is 11.9. The van der Waals surface area contributed by atoms with Crippen LogP contribution in [0.4, 0.5) is 4.79 Å². The van der Waals surface area contributed by atoms with E-state index in [1.54, 1.807) is 24.6 Å². The molecule has 4 fully saturated rings. The Morgan fingerprint density at radius 3 is 2.68 bits per heavy atom. The molecular weight excluding hydrogens is 462 g/mol. The molecule has 37 heavy (non-hydrogen) atoms. The van der Waals surface area contributed by atoms with Crippen molar-refractivity contribution in [2.75, 3.05) is 27.2 Å². The number of carbonyl (C=O) groups excluding carboxylic acids is 2. The zero-order valence-electron chi connectivity index (χ0n) is 24.0. The third-order valence-corrected chi connectivity index (χ3v) is 11.9. The summed E-state index contributed by atoms with van der Waals surface area (Å²) in [6.07, 6.45) is 14.4. The van der Waals surface area contributed by atoms with Gasteiger partial charge < -0.3 is 20.2 Å². The molecule has 3 amide bonds. The summed E-state index contributed by atoms with van der Waals surface area (Å²) in [6.45, 7) is 8.91. The maximum absolute atomic E-state index is 13.1. The molecule has 0 bridgehead atoms. The van der Waals surface area contributed by atoms with Crippen LogP contribution in [-0.4, -0.2) is 66.2 Å². The van der Waals surface area contributed by atoms with Crippen LogP contribution in [-0.2, 0) is 4.79 Å². The zero-order valence-corrected chi connectivity index (χ0v) is 24.0. The standard InChI is InChI=1S/C31H51N3O3/c1-20(6-11-28(36)34-17-14-22(19-34)32-29(37)33(4)5)25-9-10-26-24-8-7-21-18-23(35)12-15-30(21,2)27(24)13-16-31(25,26)3/h7,20,22-27,35H,6,8-19H2,1-5H3,(H,32,37)/t20?,22?,23-,24-,25+,26-,27-,30-,31+/m0/s1. The molecule has 0 aromatic heterocycles. The molecule has 5 aliphatic rings. The van der Waals surface area contributed by atoms with Crippen LogP contribution >= 0.6 is 0 Å². The van der Waals surface area contributed by atoms with Crippen molar-refractivity contribution in [1.29, 1.82) is 0 Å². The number of likely N-dealkylation sites (tertiary alicyclic amines) is 1. The molecule has 3 saturated carbocycles. The van der Waals surface area contributed by atoms with Gasteiger partial charge in [-0.3, -0.25) is 4.79 Å². The van der Waals surface area contributed by atoms with Gasteiger partial charge in [-0.2, -0.15) is 0 Å². The number of amides is 3. The highest BCUT2D eigenvalue weighted by Gasteiger charge is 2.59. The van der Waals surface area contributed by atoms with Crippen molar-refractivity contribution in [2.24, 2.45) is 40.4 Å². The second-order valence-corrected chi connectivity index (χ2v) is 14.1. The molecule has 2 N–H and O–H groups in total. The van der Waals surface area contributed by atoms with Gasteiger partial charge in [0, 0.05) is 39.6 Å². The molecule has 0 spiro atoms. The minimum absolute atomic E-state index is 0.0697. The van der Waals surface area contributed by atoms with Gasteiger partial charge in [0.05, 0.1) is 6.10 Å². The van der Waals surface area contributed by atoms with Crippen LogP contribution in [0.1, 0.15) is 91.4 Å². The minimum Gasteiger partial charge on any atom is -0.393 e. The number of hydrogen-bond acceptors (Lipinski definition) is 3. The van der Waals surface area contributed by atoms with Gasteiger partial charge in [0.15, 0.2) is 0 Å². The lowest BCUT2D eigenvalue weighted by Crippen LogP contribution is -2.50. The summed E-state index contributed by atoms with van der Waals surface area (Å²) < 4.78 is 0. The maximum atomic E-state index is 13.1. The number of hydrogen-bond donors (Lipinski definition) is 2. The van der Waals surface area contributed by atoms with E-state index in [-0.39, 0.29) is 24.1 Å². The lowest BCUT2D eigenvalue weighted by molar-refractivity contribution is -0.130. The molecule has 6 nitrogen and oxygen atoms in total. The van der Waals surface area contributed by atoms with Crippen molar-refractivity contribution in [2.45, 2.75) is 104 Å². The number of urea groups is 1. The van der Waals surface area contributed by atoms with E-state index in [0.29, 0.717) is 35.6 Å². The van der Waals surface area contributed by atoms with E-state index in [1.165, 1.54) is 32.1 Å². The van der Waals surface area contributed by atoms with E-state index in [0.717, 1.165) is 56.4 Å². The highest BCUT2D eigenvalue weighted by molar-refractivity contribution is 5.77. The lowest BCUT2D eigenvalue weighted by Gasteiger charge is -2.58. The van der Waals surface area contributed by atoms with Gasteiger partial charge >= 0.3 is 6.03 Å². The first kappa shape index (κ1) is 27.0. The molecule has 4 aliphatic carbocycles. The Balaban J connectivity index is 1.17. The summed E-state index contributed by atoms with van der Waals surface area (Å²) in [4.78, 5) is 28.5. The topological polar surface area (TPSA) is 72.9 Å². The van der Waals surface area contributed by atoms with Crippen molar-refractivity contribution in [3.63, 3.8) is 0 Å². The fraction of sp³-hybridized carbons (Fsp3) is 0.871. The molecule has 1 aliphatic heterocycles. The summed E-state index contributed by atoms with van der Waals surface area (Å²) in [5.74, 6) is 3.91. The summed E-state index contributed by atoms with van der Waals surface area (Å²) >= 11 is 0. The Morgan fingerprint density at radius 1 is 1.14 bits per heavy atom. The van der Waals surface area contributed by atoms with Gasteiger partial charge in [0.25, 0.3) is 0 Å². The van der Waals surface area contributed by atoms with Crippen molar-refractivity contribution < 1.29 is 14.7 Å². The summed E-state index contributed by atoms with van der Waals surface area (Å²) in [6, 6.07) is -0.00766. The van der Waals surface area contributed by atoms with Crippen LogP contribution in [0.5, 0.6) is 0 Å². The molecule has 0 radical (unpaired) electrons. The second kappa shape index (κ2) is 10.2. The van der Waals surface area contributed by atoms with Crippen molar-refractivity contribution in [3.05, 3.63) is 11.6 Å². The first-order valence-corrected chi connectivity index (χ1v) is 15.2. The Bertz CT molecular complexity index is 917. The second-order valence-electron chi connectivity index (χ2n) is 14.1. The zero-order chi connectivity index (χ0) is 26.5. The highest BCUT2D eigenvalue weighted by Crippen LogP contribution is 2.67. The van der Waals surface area contributed by atoms with Gasteiger partial charge in [0.1, 0.15) is 0 Å². The molecule has 0 aromatic carbocycles. The highest BCUT2D eigenvalue weighted by atomic mass is 16.3. The average Bonchev–Trinajstić information content (AvgIpc) is 3.46. The average molecular weight is 514 g/mol. The Morgan fingerprint density at radius 2 is 1.92 bits per heavy atom. The number of carbonyl (C=O) groups is 2. The van der Waals surface area contributed by atoms with Crippen LogP contribution in [0.2, 0.25) is 0 Å². The number of allylic oxidation sites excluding steroid dienone is 1. The molecule has 5 rings (SSSR count). The maximum Gasteiger partial charge on any atom is 0.317 e. The largest absolute Gasteiger partial charge is 0.393 e. The van der Waals surface area contributed by atoms with E-state index >= 15 is 0 Å². The molecule has 0 aromatic rings. The number of fused-ring (bicyclic) bond motifs is 5. The third kappa shape index (κ3) is 4.85. The van der Waals surface area contributed by atoms with Crippen molar-refractivity contribution in [1.82, 2.24) is 15.1 Å². The SMILES string of the molecule is CC(CCC(=O)N1CCC(NC(=O)N(C)C)C1)[C@H]1CC[C@H]2[C@@H]3CC=C4C[C@@H](O)CC[C@]4(C)[C@H]3CC[C@]12C. The number of nitrogens with one attached hydrogen (secondary N) is 1. The van der Waals surface area contributed by atoms with Crippen LogP contribution in [0, 0.1) is 40.4 Å². The van der Waals surface area contributed by atoms with E-state index in [2.05, 4.69) is 32.2 Å².